The van der Waals surface area contributed by atoms with Crippen LogP contribution < -0.4 is 16.0 Å². The molecule has 0 saturated carbocycles. The zero-order valence-corrected chi connectivity index (χ0v) is 16.9. The quantitative estimate of drug-likeness (QED) is 0.536. The Morgan fingerprint density at radius 2 is 1.83 bits per heavy atom. The maximum Gasteiger partial charge on any atom is 0.418 e. The average Bonchev–Trinajstić information content (AvgIpc) is 3.04. The number of nitrogens with zero attached hydrogens (tertiary/aromatic N) is 1. The number of para-hydroxylation sites is 1. The van der Waals surface area contributed by atoms with Crippen molar-refractivity contribution in [3.8, 4) is 0 Å². The van der Waals surface area contributed by atoms with Crippen LogP contribution in [0.1, 0.15) is 25.0 Å². The van der Waals surface area contributed by atoms with E-state index in [9.17, 15) is 18.0 Å². The van der Waals surface area contributed by atoms with Crippen LogP contribution in [0.3, 0.4) is 0 Å². The summed E-state index contributed by atoms with van der Waals surface area (Å²) in [6, 6.07) is 11.2. The number of fused-ring (bicyclic) bond motifs is 1. The number of hydrogen-bond donors (Lipinski definition) is 3. The van der Waals surface area contributed by atoms with Crippen molar-refractivity contribution in [1.29, 1.82) is 0 Å². The van der Waals surface area contributed by atoms with Crippen LogP contribution in [-0.4, -0.2) is 37.0 Å². The summed E-state index contributed by atoms with van der Waals surface area (Å²) in [6.07, 6.45) is -3.07. The smallest absolute Gasteiger partial charge is 0.383 e. The lowest BCUT2D eigenvalue weighted by molar-refractivity contribution is -0.136. The second-order valence-electron chi connectivity index (χ2n) is 6.91. The second-order valence-corrected chi connectivity index (χ2v) is 6.91. The second kappa shape index (κ2) is 9.21. The van der Waals surface area contributed by atoms with Crippen molar-refractivity contribution in [3.63, 3.8) is 0 Å². The molecule has 0 aliphatic carbocycles. The summed E-state index contributed by atoms with van der Waals surface area (Å²) in [7, 11) is 0. The number of amides is 1. The SMILES string of the molecule is CCN(CC)CCNc1ccc(N/C=C2/C(=O)Nc3ccccc32)cc1C(F)(F)F. The average molecular weight is 418 g/mol. The van der Waals surface area contributed by atoms with Crippen LogP contribution in [0.15, 0.2) is 48.7 Å². The van der Waals surface area contributed by atoms with E-state index in [-0.39, 0.29) is 17.3 Å². The largest absolute Gasteiger partial charge is 0.418 e. The Hall–Kier alpha value is -3.00. The molecule has 2 aromatic carbocycles. The molecule has 3 N–H and O–H groups in total. The molecule has 0 saturated heterocycles. The monoisotopic (exact) mass is 418 g/mol. The molecule has 0 fully saturated rings. The predicted molar refractivity (Wildman–Crippen MR) is 114 cm³/mol. The minimum Gasteiger partial charge on any atom is -0.383 e. The highest BCUT2D eigenvalue weighted by Crippen LogP contribution is 2.37. The lowest BCUT2D eigenvalue weighted by Gasteiger charge is -2.20. The summed E-state index contributed by atoms with van der Waals surface area (Å²) in [5.41, 5.74) is 1.31. The summed E-state index contributed by atoms with van der Waals surface area (Å²) < 4.78 is 40.8. The van der Waals surface area contributed by atoms with Crippen LogP contribution >= 0.6 is 0 Å². The molecule has 0 atom stereocenters. The van der Waals surface area contributed by atoms with Crippen molar-refractivity contribution in [3.05, 3.63) is 59.8 Å². The van der Waals surface area contributed by atoms with E-state index in [0.29, 0.717) is 29.9 Å². The molecule has 0 unspecified atom stereocenters. The van der Waals surface area contributed by atoms with Crippen LogP contribution in [-0.2, 0) is 11.0 Å². The number of carbonyl (C=O) groups is 1. The Balaban J connectivity index is 1.78. The Bertz CT molecular complexity index is 936. The van der Waals surface area contributed by atoms with E-state index in [0.717, 1.165) is 19.2 Å². The molecule has 8 heteroatoms. The molecule has 3 rings (SSSR count). The van der Waals surface area contributed by atoms with E-state index in [4.69, 9.17) is 0 Å². The van der Waals surface area contributed by atoms with Gasteiger partial charge in [-0.05, 0) is 37.4 Å². The van der Waals surface area contributed by atoms with Crippen LogP contribution in [0.2, 0.25) is 0 Å². The summed E-state index contributed by atoms with van der Waals surface area (Å²) >= 11 is 0. The molecule has 5 nitrogen and oxygen atoms in total. The van der Waals surface area contributed by atoms with Gasteiger partial charge in [-0.25, -0.2) is 0 Å². The fourth-order valence-electron chi connectivity index (χ4n) is 3.35. The van der Waals surface area contributed by atoms with Crippen LogP contribution in [0.25, 0.3) is 5.57 Å². The molecule has 1 heterocycles. The molecule has 0 radical (unpaired) electrons. The molecule has 2 aromatic rings. The molecule has 1 aliphatic heterocycles. The summed E-state index contributed by atoms with van der Waals surface area (Å²) in [5, 5.41) is 8.45. The fourth-order valence-corrected chi connectivity index (χ4v) is 3.35. The summed E-state index contributed by atoms with van der Waals surface area (Å²) in [6.45, 7) is 6.80. The van der Waals surface area contributed by atoms with Gasteiger partial charge in [0.05, 0.1) is 11.1 Å². The topological polar surface area (TPSA) is 56.4 Å². The van der Waals surface area contributed by atoms with Crippen molar-refractivity contribution in [1.82, 2.24) is 4.90 Å². The minimum atomic E-state index is -4.50. The van der Waals surface area contributed by atoms with Crippen molar-refractivity contribution in [2.75, 3.05) is 42.1 Å². The predicted octanol–water partition coefficient (Wildman–Crippen LogP) is 4.86. The Kier molecular flexibility index (Phi) is 6.66. The zero-order chi connectivity index (χ0) is 21.7. The lowest BCUT2D eigenvalue weighted by atomic mass is 10.1. The maximum atomic E-state index is 13.6. The van der Waals surface area contributed by atoms with Gasteiger partial charge in [0.1, 0.15) is 0 Å². The Morgan fingerprint density at radius 3 is 2.53 bits per heavy atom. The van der Waals surface area contributed by atoms with Gasteiger partial charge in [-0.2, -0.15) is 13.2 Å². The van der Waals surface area contributed by atoms with Crippen LogP contribution in [0, 0.1) is 0 Å². The third kappa shape index (κ3) is 4.94. The van der Waals surface area contributed by atoms with Gasteiger partial charge < -0.3 is 20.9 Å². The highest BCUT2D eigenvalue weighted by molar-refractivity contribution is 6.31. The van der Waals surface area contributed by atoms with Gasteiger partial charge >= 0.3 is 6.18 Å². The zero-order valence-electron chi connectivity index (χ0n) is 16.9. The highest BCUT2D eigenvalue weighted by Gasteiger charge is 2.34. The first kappa shape index (κ1) is 21.7. The summed E-state index contributed by atoms with van der Waals surface area (Å²) in [5.74, 6) is -0.297. The number of anilines is 3. The van der Waals surface area contributed by atoms with Crippen LogP contribution in [0.5, 0.6) is 0 Å². The molecule has 0 bridgehead atoms. The molecular formula is C22H25F3N4O. The van der Waals surface area contributed by atoms with E-state index in [1.165, 1.54) is 12.3 Å². The normalized spacial score (nSPS) is 14.7. The van der Waals surface area contributed by atoms with E-state index in [1.807, 2.05) is 13.8 Å². The highest BCUT2D eigenvalue weighted by atomic mass is 19.4. The summed E-state index contributed by atoms with van der Waals surface area (Å²) in [4.78, 5) is 14.3. The maximum absolute atomic E-state index is 13.6. The first-order valence-corrected chi connectivity index (χ1v) is 9.88. The molecule has 30 heavy (non-hydrogen) atoms. The van der Waals surface area contributed by atoms with Crippen molar-refractivity contribution >= 4 is 28.5 Å². The first-order chi connectivity index (χ1) is 14.3. The molecule has 1 aliphatic rings. The van der Waals surface area contributed by atoms with Crippen molar-refractivity contribution in [2.45, 2.75) is 20.0 Å². The number of nitrogens with one attached hydrogen (secondary N) is 3. The number of likely N-dealkylation sites (N-methyl/N-ethyl adjacent to an activating group) is 1. The molecule has 160 valence electrons. The van der Waals surface area contributed by atoms with Gasteiger partial charge in [0.2, 0.25) is 0 Å². The number of carbonyl (C=O) groups excluding carboxylic acids is 1. The number of hydrogen-bond acceptors (Lipinski definition) is 4. The number of halogens is 3. The minimum absolute atomic E-state index is 0.0387. The number of benzene rings is 2. The molecule has 0 aromatic heterocycles. The Labute approximate surface area is 174 Å². The van der Waals surface area contributed by atoms with Crippen molar-refractivity contribution in [2.24, 2.45) is 0 Å². The van der Waals surface area contributed by atoms with E-state index in [1.54, 1.807) is 30.3 Å². The van der Waals surface area contributed by atoms with E-state index in [2.05, 4.69) is 20.9 Å². The van der Waals surface area contributed by atoms with Gasteiger partial charge in [0, 0.05) is 41.9 Å². The van der Waals surface area contributed by atoms with Gasteiger partial charge in [-0.1, -0.05) is 32.0 Å². The third-order valence-corrected chi connectivity index (χ3v) is 5.06. The van der Waals surface area contributed by atoms with Crippen molar-refractivity contribution < 1.29 is 18.0 Å². The number of alkyl halides is 3. The lowest BCUT2D eigenvalue weighted by Crippen LogP contribution is -2.29. The third-order valence-electron chi connectivity index (χ3n) is 5.06. The van der Waals surface area contributed by atoms with Crippen LogP contribution in [0.4, 0.5) is 30.2 Å². The van der Waals surface area contributed by atoms with Gasteiger partial charge in [-0.15, -0.1) is 0 Å². The molecule has 0 spiro atoms. The van der Waals surface area contributed by atoms with E-state index < -0.39 is 11.7 Å². The van der Waals surface area contributed by atoms with E-state index >= 15 is 0 Å². The number of rotatable bonds is 8. The first-order valence-electron chi connectivity index (χ1n) is 9.88. The van der Waals surface area contributed by atoms with Gasteiger partial charge in [-0.3, -0.25) is 4.79 Å². The standard InChI is InChI=1S/C22H25F3N4O/c1-3-29(4-2)12-11-26-20-10-9-15(13-18(20)22(23,24)25)27-14-17-16-7-5-6-8-19(16)28-21(17)30/h5-10,13-14,26-27H,3-4,11-12H2,1-2H3,(H,28,30)/b17-14+. The van der Waals surface area contributed by atoms with Gasteiger partial charge in [0.25, 0.3) is 5.91 Å². The fraction of sp³-hybridized carbons (Fsp3) is 0.318. The molecular weight excluding hydrogens is 393 g/mol. The van der Waals surface area contributed by atoms with Gasteiger partial charge in [0.15, 0.2) is 0 Å². The molecule has 1 amide bonds. The Morgan fingerprint density at radius 1 is 1.10 bits per heavy atom.